The van der Waals surface area contributed by atoms with Crippen molar-refractivity contribution in [3.8, 4) is 5.75 Å². The van der Waals surface area contributed by atoms with Gasteiger partial charge in [-0.05, 0) is 87.3 Å². The first-order chi connectivity index (χ1) is 24.9. The minimum atomic E-state index is -4.57. The van der Waals surface area contributed by atoms with E-state index in [0.29, 0.717) is 68.1 Å². The molecular weight excluding hydrogens is 682 g/mol. The lowest BCUT2D eigenvalue weighted by atomic mass is 9.85. The van der Waals surface area contributed by atoms with Gasteiger partial charge >= 0.3 is 12.1 Å². The summed E-state index contributed by atoms with van der Waals surface area (Å²) in [6.07, 6.45) is 0.0426. The van der Waals surface area contributed by atoms with Crippen LogP contribution in [0.1, 0.15) is 80.4 Å². The molecule has 52 heavy (non-hydrogen) atoms. The summed E-state index contributed by atoms with van der Waals surface area (Å²) in [5, 5.41) is 9.53. The van der Waals surface area contributed by atoms with E-state index in [1.54, 1.807) is 31.3 Å². The van der Waals surface area contributed by atoms with Gasteiger partial charge in [0.05, 0.1) is 37.3 Å². The standard InChI is InChI=1S/C39H51F4N3O6/c1-4-52-23-30-19-27(33-14-7-28(39(41,42)43)20-35(33)44-17-15-26(16-18-44)36(47)48)21-46(30)37(49)38(40)24-45(29-8-12-32(51-3)13-9-29)22-34(38)25-5-10-31(50-2)11-6-25/h5-7,10-11,14,20,26-27,29-30,32,34H,4,8-9,12-13,15-19,21-24H2,1-3H3,(H,47,48)/t27-,29-,30+,32-,34+,38+/m1/s1. The number of carboxylic acids is 1. The van der Waals surface area contributed by atoms with E-state index in [1.165, 1.54) is 6.07 Å². The Morgan fingerprint density at radius 3 is 2.25 bits per heavy atom. The lowest BCUT2D eigenvalue weighted by Crippen LogP contribution is -2.53. The number of aliphatic carboxylic acids is 1. The number of ether oxygens (including phenoxy) is 3. The largest absolute Gasteiger partial charge is 0.497 e. The van der Waals surface area contributed by atoms with E-state index in [2.05, 4.69) is 4.90 Å². The Morgan fingerprint density at radius 1 is 0.962 bits per heavy atom. The van der Waals surface area contributed by atoms with E-state index in [-0.39, 0.29) is 37.8 Å². The summed E-state index contributed by atoms with van der Waals surface area (Å²) < 4.78 is 76.7. The van der Waals surface area contributed by atoms with Gasteiger partial charge in [-0.2, -0.15) is 13.2 Å². The van der Waals surface area contributed by atoms with E-state index >= 15 is 4.39 Å². The smallest absolute Gasteiger partial charge is 0.416 e. The number of rotatable bonds is 11. The number of carbonyl (C=O) groups excluding carboxylic acids is 1. The Hall–Kier alpha value is -3.42. The lowest BCUT2D eigenvalue weighted by molar-refractivity contribution is -0.146. The molecule has 1 amide bonds. The molecular formula is C39H51F4N3O6. The maximum Gasteiger partial charge on any atom is 0.416 e. The average molecular weight is 734 g/mol. The normalized spacial score (nSPS) is 29.1. The second-order valence-electron chi connectivity index (χ2n) is 14.9. The lowest BCUT2D eigenvalue weighted by Gasteiger charge is -2.35. The number of carboxylic acid groups (broad SMARTS) is 1. The fraction of sp³-hybridized carbons (Fsp3) is 0.641. The van der Waals surface area contributed by atoms with E-state index in [4.69, 9.17) is 14.2 Å². The minimum Gasteiger partial charge on any atom is -0.497 e. The van der Waals surface area contributed by atoms with Crippen molar-refractivity contribution in [1.29, 1.82) is 0 Å². The van der Waals surface area contributed by atoms with Gasteiger partial charge in [0.1, 0.15) is 5.75 Å². The number of methoxy groups -OCH3 is 2. The van der Waals surface area contributed by atoms with Crippen molar-refractivity contribution < 1.29 is 46.5 Å². The van der Waals surface area contributed by atoms with Gasteiger partial charge in [-0.25, -0.2) is 4.39 Å². The molecule has 4 fully saturated rings. The molecule has 3 saturated heterocycles. The molecule has 6 rings (SSSR count). The van der Waals surface area contributed by atoms with Crippen LogP contribution in [0.25, 0.3) is 0 Å². The molecule has 4 atom stereocenters. The highest BCUT2D eigenvalue weighted by Crippen LogP contribution is 2.47. The number of piperidine rings is 1. The van der Waals surface area contributed by atoms with Crippen LogP contribution < -0.4 is 9.64 Å². The summed E-state index contributed by atoms with van der Waals surface area (Å²) in [5.41, 5.74) is -1.32. The topological polar surface area (TPSA) is 91.8 Å². The zero-order chi connectivity index (χ0) is 37.2. The Morgan fingerprint density at radius 2 is 1.65 bits per heavy atom. The van der Waals surface area contributed by atoms with Crippen molar-refractivity contribution in [2.75, 3.05) is 65.1 Å². The predicted molar refractivity (Wildman–Crippen MR) is 188 cm³/mol. The van der Waals surface area contributed by atoms with Crippen LogP contribution in [0, 0.1) is 5.92 Å². The summed E-state index contributed by atoms with van der Waals surface area (Å²) >= 11 is 0. The van der Waals surface area contributed by atoms with Crippen LogP contribution in [0.4, 0.5) is 23.2 Å². The van der Waals surface area contributed by atoms with Crippen molar-refractivity contribution in [1.82, 2.24) is 9.80 Å². The molecule has 0 spiro atoms. The molecule has 0 unspecified atom stereocenters. The Kier molecular flexibility index (Phi) is 11.7. The number of benzene rings is 2. The van der Waals surface area contributed by atoms with Crippen molar-refractivity contribution in [2.24, 2.45) is 5.92 Å². The van der Waals surface area contributed by atoms with Crippen molar-refractivity contribution >= 4 is 17.6 Å². The highest BCUT2D eigenvalue weighted by atomic mass is 19.4. The number of hydrogen-bond acceptors (Lipinski definition) is 7. The van der Waals surface area contributed by atoms with Crippen LogP contribution in [0.3, 0.4) is 0 Å². The third-order valence-corrected chi connectivity index (χ3v) is 11.9. The Balaban J connectivity index is 1.31. The fourth-order valence-corrected chi connectivity index (χ4v) is 8.94. The quantitative estimate of drug-likeness (QED) is 0.262. The first kappa shape index (κ1) is 38.3. The van der Waals surface area contributed by atoms with Gasteiger partial charge in [0.15, 0.2) is 0 Å². The predicted octanol–water partition coefficient (Wildman–Crippen LogP) is 6.50. The molecule has 1 N–H and O–H groups in total. The van der Waals surface area contributed by atoms with Gasteiger partial charge in [-0.15, -0.1) is 0 Å². The summed E-state index contributed by atoms with van der Waals surface area (Å²) in [7, 11) is 3.27. The van der Waals surface area contributed by atoms with E-state index < -0.39 is 47.2 Å². The number of carbonyl (C=O) groups is 2. The molecule has 4 aliphatic rings. The second-order valence-corrected chi connectivity index (χ2v) is 14.9. The van der Waals surface area contributed by atoms with Gasteiger partial charge < -0.3 is 29.1 Å². The molecule has 13 heteroatoms. The number of halogens is 4. The molecule has 3 heterocycles. The second kappa shape index (κ2) is 15.9. The summed E-state index contributed by atoms with van der Waals surface area (Å²) in [6, 6.07) is 10.5. The number of likely N-dealkylation sites (tertiary alicyclic amines) is 2. The van der Waals surface area contributed by atoms with Crippen molar-refractivity contribution in [3.05, 3.63) is 59.2 Å². The fourth-order valence-electron chi connectivity index (χ4n) is 8.94. The van der Waals surface area contributed by atoms with Gasteiger partial charge in [0.25, 0.3) is 5.91 Å². The monoisotopic (exact) mass is 733 g/mol. The molecule has 286 valence electrons. The van der Waals surface area contributed by atoms with Crippen LogP contribution in [0.5, 0.6) is 5.75 Å². The molecule has 2 aromatic carbocycles. The van der Waals surface area contributed by atoms with E-state index in [9.17, 15) is 27.9 Å². The Bertz CT molecular complexity index is 1540. The highest BCUT2D eigenvalue weighted by Gasteiger charge is 2.58. The highest BCUT2D eigenvalue weighted by molar-refractivity contribution is 5.88. The molecule has 0 radical (unpaired) electrons. The third-order valence-electron chi connectivity index (χ3n) is 11.9. The van der Waals surface area contributed by atoms with Crippen LogP contribution in [0.15, 0.2) is 42.5 Å². The molecule has 0 bridgehead atoms. The van der Waals surface area contributed by atoms with Crippen molar-refractivity contribution in [2.45, 2.75) is 93.7 Å². The van der Waals surface area contributed by atoms with E-state index in [1.807, 2.05) is 24.0 Å². The van der Waals surface area contributed by atoms with Gasteiger partial charge in [-0.1, -0.05) is 18.2 Å². The molecule has 0 aromatic heterocycles. The number of alkyl halides is 4. The maximum absolute atomic E-state index is 18.0. The van der Waals surface area contributed by atoms with Gasteiger partial charge in [0, 0.05) is 70.0 Å². The zero-order valence-electron chi connectivity index (χ0n) is 30.2. The van der Waals surface area contributed by atoms with Crippen LogP contribution in [-0.2, 0) is 25.2 Å². The molecule has 3 aliphatic heterocycles. The molecule has 1 saturated carbocycles. The first-order valence-corrected chi connectivity index (χ1v) is 18.5. The Labute approximate surface area is 303 Å². The number of anilines is 1. The van der Waals surface area contributed by atoms with Crippen LogP contribution in [0.2, 0.25) is 0 Å². The summed E-state index contributed by atoms with van der Waals surface area (Å²) in [4.78, 5) is 32.0. The van der Waals surface area contributed by atoms with Gasteiger partial charge in [0.2, 0.25) is 5.67 Å². The number of amides is 1. The van der Waals surface area contributed by atoms with Crippen LogP contribution >= 0.6 is 0 Å². The molecule has 9 nitrogen and oxygen atoms in total. The van der Waals surface area contributed by atoms with Crippen LogP contribution in [-0.4, -0.2) is 111 Å². The summed E-state index contributed by atoms with van der Waals surface area (Å²) in [5.74, 6) is -2.58. The zero-order valence-corrected chi connectivity index (χ0v) is 30.2. The minimum absolute atomic E-state index is 0.0581. The first-order valence-electron chi connectivity index (χ1n) is 18.5. The number of hydrogen-bond donors (Lipinski definition) is 1. The number of nitrogens with zero attached hydrogens (tertiary/aromatic N) is 3. The summed E-state index contributed by atoms with van der Waals surface area (Å²) in [6.45, 7) is 3.44. The van der Waals surface area contributed by atoms with E-state index in [0.717, 1.165) is 37.8 Å². The van der Waals surface area contributed by atoms with Crippen molar-refractivity contribution in [3.63, 3.8) is 0 Å². The maximum atomic E-state index is 18.0. The molecule has 1 aliphatic carbocycles. The SMILES string of the molecule is CCOC[C@@H]1C[C@@H](c2ccc(C(F)(F)F)cc2N2CCC(C(=O)O)CC2)CN1C(=O)[C@]1(F)CN([C@H]2CC[C@H](OC)CC2)C[C@H]1c1ccc(OC)cc1. The average Bonchev–Trinajstić information content (AvgIpc) is 3.75. The third kappa shape index (κ3) is 7.91. The van der Waals surface area contributed by atoms with Gasteiger partial charge in [-0.3, -0.25) is 14.5 Å². The molecule has 2 aromatic rings.